The molecule has 0 saturated heterocycles. The Morgan fingerprint density at radius 3 is 2.87 bits per heavy atom. The maximum absolute atomic E-state index is 11.9. The molecule has 1 aromatic heterocycles. The molecule has 1 amide bonds. The van der Waals surface area contributed by atoms with E-state index < -0.39 is 0 Å². The number of rotatable bonds is 5. The van der Waals surface area contributed by atoms with Crippen LogP contribution in [0.5, 0.6) is 0 Å². The third-order valence-corrected chi connectivity index (χ3v) is 3.86. The second kappa shape index (κ2) is 6.44. The summed E-state index contributed by atoms with van der Waals surface area (Å²) >= 11 is 3.78. The Labute approximate surface area is 107 Å². The van der Waals surface area contributed by atoms with E-state index >= 15 is 0 Å². The highest BCUT2D eigenvalue weighted by atomic mass is 127. The number of nitrogens with zero attached hydrogens (tertiary/aromatic N) is 1. The van der Waals surface area contributed by atoms with Crippen molar-refractivity contribution in [2.24, 2.45) is 0 Å². The third-order valence-electron chi connectivity index (χ3n) is 2.07. The lowest BCUT2D eigenvalue weighted by atomic mass is 10.3. The molecular formula is C10H14INO2S. The van der Waals surface area contributed by atoms with Gasteiger partial charge in [0.15, 0.2) is 0 Å². The van der Waals surface area contributed by atoms with Crippen LogP contribution >= 0.6 is 33.9 Å². The minimum atomic E-state index is 0.0603. The zero-order valence-electron chi connectivity index (χ0n) is 8.57. The third kappa shape index (κ3) is 3.73. The van der Waals surface area contributed by atoms with Crippen molar-refractivity contribution in [3.8, 4) is 0 Å². The van der Waals surface area contributed by atoms with Gasteiger partial charge >= 0.3 is 0 Å². The normalized spacial score (nSPS) is 10.3. The van der Waals surface area contributed by atoms with Gasteiger partial charge in [-0.2, -0.15) is 0 Å². The van der Waals surface area contributed by atoms with E-state index in [1.54, 1.807) is 16.2 Å². The zero-order chi connectivity index (χ0) is 11.3. The zero-order valence-corrected chi connectivity index (χ0v) is 11.5. The van der Waals surface area contributed by atoms with Gasteiger partial charge in [0, 0.05) is 25.1 Å². The van der Waals surface area contributed by atoms with Gasteiger partial charge in [0.25, 0.3) is 5.91 Å². The Morgan fingerprint density at radius 2 is 2.40 bits per heavy atom. The Morgan fingerprint density at radius 1 is 1.67 bits per heavy atom. The van der Waals surface area contributed by atoms with Crippen LogP contribution in [0, 0.1) is 2.88 Å². The quantitative estimate of drug-likeness (QED) is 0.836. The lowest BCUT2D eigenvalue weighted by Gasteiger charge is -2.19. The van der Waals surface area contributed by atoms with E-state index in [-0.39, 0.29) is 12.5 Å². The Bertz CT molecular complexity index is 327. The van der Waals surface area contributed by atoms with Gasteiger partial charge in [0.2, 0.25) is 0 Å². The van der Waals surface area contributed by atoms with Crippen LogP contribution < -0.4 is 0 Å². The topological polar surface area (TPSA) is 40.5 Å². The molecule has 5 heteroatoms. The maximum Gasteiger partial charge on any atom is 0.254 e. The first-order valence-corrected chi connectivity index (χ1v) is 6.79. The minimum Gasteiger partial charge on any atom is -0.396 e. The fourth-order valence-corrected chi connectivity index (χ4v) is 2.59. The predicted molar refractivity (Wildman–Crippen MR) is 70.3 cm³/mol. The van der Waals surface area contributed by atoms with Crippen LogP contribution in [0.25, 0.3) is 0 Å². The van der Waals surface area contributed by atoms with Crippen LogP contribution in [0.4, 0.5) is 0 Å². The summed E-state index contributed by atoms with van der Waals surface area (Å²) in [5.41, 5.74) is 0.754. The number of aliphatic hydroxyl groups excluding tert-OH is 1. The highest BCUT2D eigenvalue weighted by Gasteiger charge is 2.14. The second-order valence-corrected chi connectivity index (χ2v) is 5.91. The van der Waals surface area contributed by atoms with E-state index in [9.17, 15) is 4.79 Å². The molecule has 3 nitrogen and oxygen atoms in total. The van der Waals surface area contributed by atoms with Crippen molar-refractivity contribution in [1.82, 2.24) is 4.90 Å². The summed E-state index contributed by atoms with van der Waals surface area (Å²) in [6, 6.07) is 1.90. The number of halogens is 1. The smallest absolute Gasteiger partial charge is 0.254 e. The van der Waals surface area contributed by atoms with Gasteiger partial charge in [0.1, 0.15) is 0 Å². The van der Waals surface area contributed by atoms with Crippen LogP contribution in [0.3, 0.4) is 0 Å². The molecule has 1 N–H and O–H groups in total. The van der Waals surface area contributed by atoms with E-state index in [1.807, 2.05) is 18.4 Å². The number of thiophene rings is 1. The standard InChI is InChI=1S/C10H14INO2S/c1-2-12(4-3-5-13)10(14)8-6-9(11)15-7-8/h6-7,13H,2-5H2,1H3. The average molecular weight is 339 g/mol. The molecule has 84 valence electrons. The van der Waals surface area contributed by atoms with Crippen molar-refractivity contribution in [3.05, 3.63) is 19.9 Å². The van der Waals surface area contributed by atoms with Gasteiger partial charge in [-0.25, -0.2) is 0 Å². The average Bonchev–Trinajstić information content (AvgIpc) is 2.65. The van der Waals surface area contributed by atoms with Crippen molar-refractivity contribution in [2.75, 3.05) is 19.7 Å². The van der Waals surface area contributed by atoms with Crippen LogP contribution in [-0.4, -0.2) is 35.6 Å². The first kappa shape index (κ1) is 12.9. The molecule has 0 fully saturated rings. The van der Waals surface area contributed by atoms with Gasteiger partial charge in [-0.1, -0.05) is 0 Å². The van der Waals surface area contributed by atoms with Crippen LogP contribution in [0.1, 0.15) is 23.7 Å². The van der Waals surface area contributed by atoms with Crippen molar-refractivity contribution in [2.45, 2.75) is 13.3 Å². The molecule has 0 bridgehead atoms. The molecule has 0 radical (unpaired) electrons. The molecule has 0 aliphatic carbocycles. The lowest BCUT2D eigenvalue weighted by Crippen LogP contribution is -2.31. The molecule has 0 spiro atoms. The van der Waals surface area contributed by atoms with Crippen molar-refractivity contribution >= 4 is 39.8 Å². The fraction of sp³-hybridized carbons (Fsp3) is 0.500. The fourth-order valence-electron chi connectivity index (χ4n) is 1.27. The monoisotopic (exact) mass is 339 g/mol. The minimum absolute atomic E-state index is 0.0603. The summed E-state index contributed by atoms with van der Waals surface area (Å²) in [4.78, 5) is 13.7. The van der Waals surface area contributed by atoms with Gasteiger partial charge in [-0.05, 0) is 42.0 Å². The number of carbonyl (C=O) groups is 1. The number of hydrogen-bond donors (Lipinski definition) is 1. The largest absolute Gasteiger partial charge is 0.396 e. The first-order valence-electron chi connectivity index (χ1n) is 4.83. The molecule has 1 heterocycles. The van der Waals surface area contributed by atoms with Gasteiger partial charge in [-0.3, -0.25) is 4.79 Å². The van der Waals surface area contributed by atoms with E-state index in [0.29, 0.717) is 19.5 Å². The predicted octanol–water partition coefficient (Wildman–Crippen LogP) is 2.20. The van der Waals surface area contributed by atoms with Gasteiger partial charge in [0.05, 0.1) is 8.45 Å². The molecule has 15 heavy (non-hydrogen) atoms. The maximum atomic E-state index is 11.9. The molecule has 0 saturated carbocycles. The molecular weight excluding hydrogens is 325 g/mol. The number of carbonyl (C=O) groups excluding carboxylic acids is 1. The first-order chi connectivity index (χ1) is 7.19. The van der Waals surface area contributed by atoms with Gasteiger partial charge in [-0.15, -0.1) is 11.3 Å². The van der Waals surface area contributed by atoms with Crippen LogP contribution in [-0.2, 0) is 0 Å². The summed E-state index contributed by atoms with van der Waals surface area (Å²) in [7, 11) is 0. The number of amides is 1. The van der Waals surface area contributed by atoms with E-state index in [1.165, 1.54) is 0 Å². The molecule has 0 aliphatic rings. The Balaban J connectivity index is 2.64. The molecule has 1 rings (SSSR count). The molecule has 0 atom stereocenters. The highest BCUT2D eigenvalue weighted by molar-refractivity contribution is 14.1. The van der Waals surface area contributed by atoms with Gasteiger partial charge < -0.3 is 10.0 Å². The Hall–Kier alpha value is -0.140. The molecule has 1 aromatic rings. The lowest BCUT2D eigenvalue weighted by molar-refractivity contribution is 0.0755. The van der Waals surface area contributed by atoms with Crippen molar-refractivity contribution < 1.29 is 9.90 Å². The summed E-state index contributed by atoms with van der Waals surface area (Å²) < 4.78 is 1.12. The molecule has 0 aromatic carbocycles. The summed E-state index contributed by atoms with van der Waals surface area (Å²) in [5, 5.41) is 10.6. The van der Waals surface area contributed by atoms with E-state index in [2.05, 4.69) is 22.6 Å². The SMILES string of the molecule is CCN(CCCO)C(=O)c1csc(I)c1. The van der Waals surface area contributed by atoms with Crippen molar-refractivity contribution in [3.63, 3.8) is 0 Å². The highest BCUT2D eigenvalue weighted by Crippen LogP contribution is 2.18. The summed E-state index contributed by atoms with van der Waals surface area (Å²) in [6.07, 6.45) is 0.640. The van der Waals surface area contributed by atoms with E-state index in [4.69, 9.17) is 5.11 Å². The number of hydrogen-bond acceptors (Lipinski definition) is 3. The van der Waals surface area contributed by atoms with E-state index in [0.717, 1.165) is 8.45 Å². The summed E-state index contributed by atoms with van der Waals surface area (Å²) in [5.74, 6) is 0.0603. The molecule has 0 aliphatic heterocycles. The Kier molecular flexibility index (Phi) is 5.55. The van der Waals surface area contributed by atoms with Crippen LogP contribution in [0.15, 0.2) is 11.4 Å². The number of aliphatic hydroxyl groups is 1. The molecule has 0 unspecified atom stereocenters. The second-order valence-electron chi connectivity index (χ2n) is 3.10. The summed E-state index contributed by atoms with van der Waals surface area (Å²) in [6.45, 7) is 3.39. The van der Waals surface area contributed by atoms with Crippen molar-refractivity contribution in [1.29, 1.82) is 0 Å². The van der Waals surface area contributed by atoms with Crippen LogP contribution in [0.2, 0.25) is 0 Å².